The van der Waals surface area contributed by atoms with Crippen molar-refractivity contribution in [3.05, 3.63) is 23.8 Å². The van der Waals surface area contributed by atoms with Gasteiger partial charge in [0.1, 0.15) is 0 Å². The van der Waals surface area contributed by atoms with Gasteiger partial charge in [0.25, 0.3) is 0 Å². The number of hydrogen-bond donors (Lipinski definition) is 0. The zero-order chi connectivity index (χ0) is 11.1. The number of hydrogen-bond acceptors (Lipinski definition) is 0. The maximum atomic E-state index is 4.31. The molecule has 0 heteroatoms. The van der Waals surface area contributed by atoms with Gasteiger partial charge in [-0.05, 0) is 56.3 Å². The molecule has 0 radical (unpaired) electrons. The van der Waals surface area contributed by atoms with E-state index >= 15 is 0 Å². The van der Waals surface area contributed by atoms with Gasteiger partial charge < -0.3 is 0 Å². The van der Waals surface area contributed by atoms with Crippen molar-refractivity contribution in [2.24, 2.45) is 17.3 Å². The van der Waals surface area contributed by atoms with Gasteiger partial charge >= 0.3 is 0 Å². The van der Waals surface area contributed by atoms with E-state index in [1.54, 1.807) is 5.57 Å². The van der Waals surface area contributed by atoms with E-state index < -0.39 is 0 Å². The molecule has 0 saturated heterocycles. The van der Waals surface area contributed by atoms with E-state index in [-0.39, 0.29) is 0 Å². The molecule has 2 aliphatic rings. The van der Waals surface area contributed by atoms with E-state index in [4.69, 9.17) is 0 Å². The highest BCUT2D eigenvalue weighted by Gasteiger charge is 2.37. The summed E-state index contributed by atoms with van der Waals surface area (Å²) in [5, 5.41) is 0. The fraction of sp³-hybridized carbons (Fsp3) is 0.733. The van der Waals surface area contributed by atoms with E-state index in [1.807, 2.05) is 0 Å². The molecule has 0 N–H and O–H groups in total. The summed E-state index contributed by atoms with van der Waals surface area (Å²) in [5.41, 5.74) is 3.63. The summed E-state index contributed by atoms with van der Waals surface area (Å²) < 4.78 is 0. The average Bonchev–Trinajstić information content (AvgIpc) is 2.16. The molecule has 0 aromatic carbocycles. The van der Waals surface area contributed by atoms with E-state index in [0.717, 1.165) is 11.8 Å². The minimum atomic E-state index is 0.465. The molecular formula is C15H24. The fourth-order valence-electron chi connectivity index (χ4n) is 3.40. The van der Waals surface area contributed by atoms with Gasteiger partial charge in [0.05, 0.1) is 0 Å². The molecule has 2 rings (SSSR count). The number of rotatable bonds is 0. The van der Waals surface area contributed by atoms with Crippen molar-refractivity contribution in [2.45, 2.75) is 52.9 Å². The molecule has 0 amide bonds. The molecule has 2 bridgehead atoms. The molecule has 2 aliphatic carbocycles. The van der Waals surface area contributed by atoms with Crippen LogP contribution in [-0.4, -0.2) is 0 Å². The Labute approximate surface area is 94.5 Å². The summed E-state index contributed by atoms with van der Waals surface area (Å²) in [6.45, 7) is 11.5. The number of allylic oxidation sites excluding steroid dienone is 3. The van der Waals surface area contributed by atoms with E-state index in [9.17, 15) is 0 Å². The standard InChI is InChI=1S/C15H24/c1-11-6-5-9-15(3,4)14-10-13(11)8-7-12(14)2/h6,13-14H,2,5,7-10H2,1,3-4H3/t13-,14-/m1/s1. The third kappa shape index (κ3) is 2.04. The van der Waals surface area contributed by atoms with Gasteiger partial charge in [-0.1, -0.05) is 37.6 Å². The molecule has 0 nitrogen and oxygen atoms in total. The van der Waals surface area contributed by atoms with Crippen LogP contribution >= 0.6 is 0 Å². The third-order valence-electron chi connectivity index (χ3n) is 4.67. The topological polar surface area (TPSA) is 0 Å². The van der Waals surface area contributed by atoms with Crippen LogP contribution in [0.2, 0.25) is 0 Å². The maximum absolute atomic E-state index is 4.31. The van der Waals surface area contributed by atoms with Crippen molar-refractivity contribution in [1.29, 1.82) is 0 Å². The normalized spacial score (nSPS) is 35.4. The Bertz CT molecular complexity index is 293. The highest BCUT2D eigenvalue weighted by molar-refractivity contribution is 5.17. The average molecular weight is 204 g/mol. The van der Waals surface area contributed by atoms with E-state index in [2.05, 4.69) is 33.4 Å². The minimum Gasteiger partial charge on any atom is -0.0996 e. The molecule has 0 aromatic rings. The van der Waals surface area contributed by atoms with Crippen LogP contribution in [0.5, 0.6) is 0 Å². The summed E-state index contributed by atoms with van der Waals surface area (Å²) >= 11 is 0. The zero-order valence-electron chi connectivity index (χ0n) is 10.5. The SMILES string of the molecule is C=C1CC[C@@H]2C[C@H]1C(C)(C)CCC=C2C. The van der Waals surface area contributed by atoms with Gasteiger partial charge in [0, 0.05) is 0 Å². The monoisotopic (exact) mass is 204 g/mol. The summed E-state index contributed by atoms with van der Waals surface area (Å²) in [6.07, 6.45) is 9.02. The van der Waals surface area contributed by atoms with Gasteiger partial charge in [0.15, 0.2) is 0 Å². The third-order valence-corrected chi connectivity index (χ3v) is 4.67. The molecule has 1 saturated carbocycles. The molecule has 15 heavy (non-hydrogen) atoms. The maximum Gasteiger partial charge on any atom is -0.0149 e. The van der Waals surface area contributed by atoms with Crippen LogP contribution in [0.25, 0.3) is 0 Å². The van der Waals surface area contributed by atoms with Gasteiger partial charge in [-0.15, -0.1) is 0 Å². The van der Waals surface area contributed by atoms with Crippen LogP contribution in [0.15, 0.2) is 23.8 Å². The molecule has 1 fully saturated rings. The van der Waals surface area contributed by atoms with E-state index in [1.165, 1.54) is 37.7 Å². The van der Waals surface area contributed by atoms with Crippen LogP contribution in [-0.2, 0) is 0 Å². The first-order chi connectivity index (χ1) is 7.00. The Balaban J connectivity index is 2.29. The van der Waals surface area contributed by atoms with Gasteiger partial charge in [-0.3, -0.25) is 0 Å². The smallest absolute Gasteiger partial charge is 0.0149 e. The molecule has 2 atom stereocenters. The summed E-state index contributed by atoms with van der Waals surface area (Å²) in [5.74, 6) is 1.61. The number of fused-ring (bicyclic) bond motifs is 2. The first-order valence-corrected chi connectivity index (χ1v) is 6.35. The van der Waals surface area contributed by atoms with Gasteiger partial charge in [-0.2, -0.15) is 0 Å². The Hall–Kier alpha value is -0.520. The van der Waals surface area contributed by atoms with Crippen LogP contribution in [0.4, 0.5) is 0 Å². The lowest BCUT2D eigenvalue weighted by atomic mass is 9.62. The molecular weight excluding hydrogens is 180 g/mol. The largest absolute Gasteiger partial charge is 0.0996 e. The van der Waals surface area contributed by atoms with Crippen LogP contribution in [0.3, 0.4) is 0 Å². The quantitative estimate of drug-likeness (QED) is 0.501. The lowest BCUT2D eigenvalue weighted by molar-refractivity contribution is 0.169. The second-order valence-electron chi connectivity index (χ2n) is 6.16. The minimum absolute atomic E-state index is 0.465. The van der Waals surface area contributed by atoms with Crippen LogP contribution in [0.1, 0.15) is 52.9 Å². The second-order valence-corrected chi connectivity index (χ2v) is 6.16. The predicted molar refractivity (Wildman–Crippen MR) is 66.7 cm³/mol. The van der Waals surface area contributed by atoms with Crippen LogP contribution < -0.4 is 0 Å². The van der Waals surface area contributed by atoms with Crippen LogP contribution in [0, 0.1) is 17.3 Å². The summed E-state index contributed by atoms with van der Waals surface area (Å²) in [7, 11) is 0. The molecule has 0 heterocycles. The first kappa shape index (κ1) is 11.0. The molecule has 0 spiro atoms. The second kappa shape index (κ2) is 3.81. The molecule has 84 valence electrons. The van der Waals surface area contributed by atoms with Gasteiger partial charge in [-0.25, -0.2) is 0 Å². The highest BCUT2D eigenvalue weighted by atomic mass is 14.4. The Kier molecular flexibility index (Phi) is 2.79. The molecule has 0 aliphatic heterocycles. The Morgan fingerprint density at radius 1 is 1.40 bits per heavy atom. The first-order valence-electron chi connectivity index (χ1n) is 6.35. The van der Waals surface area contributed by atoms with Crippen molar-refractivity contribution in [1.82, 2.24) is 0 Å². The molecule has 0 aromatic heterocycles. The van der Waals surface area contributed by atoms with Crippen molar-refractivity contribution in [3.8, 4) is 0 Å². The lowest BCUT2D eigenvalue weighted by Crippen LogP contribution is -2.32. The van der Waals surface area contributed by atoms with Crippen molar-refractivity contribution >= 4 is 0 Å². The highest BCUT2D eigenvalue weighted by Crippen LogP contribution is 2.48. The summed E-state index contributed by atoms with van der Waals surface area (Å²) in [4.78, 5) is 0. The van der Waals surface area contributed by atoms with E-state index in [0.29, 0.717) is 5.41 Å². The fourth-order valence-corrected chi connectivity index (χ4v) is 3.40. The summed E-state index contributed by atoms with van der Waals surface area (Å²) in [6, 6.07) is 0. The Morgan fingerprint density at radius 3 is 2.87 bits per heavy atom. The lowest BCUT2D eigenvalue weighted by Gasteiger charge is -2.43. The molecule has 0 unspecified atom stereocenters. The zero-order valence-corrected chi connectivity index (χ0v) is 10.5. The van der Waals surface area contributed by atoms with Crippen molar-refractivity contribution < 1.29 is 0 Å². The van der Waals surface area contributed by atoms with Crippen molar-refractivity contribution in [3.63, 3.8) is 0 Å². The predicted octanol–water partition coefficient (Wildman–Crippen LogP) is 4.73. The Morgan fingerprint density at radius 2 is 2.13 bits per heavy atom. The van der Waals surface area contributed by atoms with Crippen molar-refractivity contribution in [2.75, 3.05) is 0 Å². The van der Waals surface area contributed by atoms with Gasteiger partial charge in [0.2, 0.25) is 0 Å².